The first-order valence-electron chi connectivity index (χ1n) is 21.1. The van der Waals surface area contributed by atoms with Crippen molar-refractivity contribution in [1.29, 1.82) is 0 Å². The Morgan fingerprint density at radius 2 is 1.68 bits per heavy atom. The normalized spacial score (nSPS) is 23.9. The van der Waals surface area contributed by atoms with Crippen LogP contribution in [0.25, 0.3) is 22.2 Å². The van der Waals surface area contributed by atoms with E-state index >= 15 is 0 Å². The van der Waals surface area contributed by atoms with Gasteiger partial charge in [-0.2, -0.15) is 0 Å². The summed E-state index contributed by atoms with van der Waals surface area (Å²) in [7, 11) is -2.43. The van der Waals surface area contributed by atoms with Gasteiger partial charge < -0.3 is 29.7 Å². The Morgan fingerprint density at radius 1 is 0.983 bits per heavy atom. The molecule has 1 aromatic heterocycles. The molecule has 3 saturated carbocycles. The van der Waals surface area contributed by atoms with Crippen LogP contribution in [0.5, 0.6) is 11.5 Å². The molecule has 2 heterocycles. The van der Waals surface area contributed by atoms with Gasteiger partial charge in [-0.15, -0.1) is 0 Å². The number of hydrogen-bond donors (Lipinski definition) is 3. The van der Waals surface area contributed by atoms with Gasteiger partial charge in [0.25, 0.3) is 5.91 Å². The van der Waals surface area contributed by atoms with Crippen LogP contribution in [0.15, 0.2) is 54.6 Å². The molecule has 1 aliphatic heterocycles. The molecule has 7 rings (SSSR count). The fraction of sp³-hybridized carbons (Fsp3) is 0.578. The van der Waals surface area contributed by atoms with Gasteiger partial charge in [-0.1, -0.05) is 64.4 Å². The minimum atomic E-state index is -4.00. The zero-order valence-electron chi connectivity index (χ0n) is 35.9. The minimum Gasteiger partial charge on any atom is -0.497 e. The predicted molar refractivity (Wildman–Crippen MR) is 227 cm³/mol. The molecular weight excluding hydrogens is 787 g/mol. The largest absolute Gasteiger partial charge is 0.497 e. The molecule has 4 fully saturated rings. The summed E-state index contributed by atoms with van der Waals surface area (Å²) >= 11 is 0. The number of aromatic nitrogens is 1. The lowest BCUT2D eigenvalue weighted by atomic mass is 9.85. The van der Waals surface area contributed by atoms with E-state index < -0.39 is 73.3 Å². The number of carbonyl (C=O) groups excluding carboxylic acids is 4. The summed E-state index contributed by atoms with van der Waals surface area (Å²) < 4.78 is 46.4. The summed E-state index contributed by atoms with van der Waals surface area (Å²) in [6.45, 7) is 12.5. The number of ether oxygens (including phenoxy) is 3. The van der Waals surface area contributed by atoms with Crippen LogP contribution in [0.2, 0.25) is 0 Å². The highest BCUT2D eigenvalue weighted by Crippen LogP contribution is 2.58. The molecule has 4 aliphatic rings. The van der Waals surface area contributed by atoms with E-state index in [1.807, 2.05) is 76.2 Å². The Morgan fingerprint density at radius 3 is 2.28 bits per heavy atom. The molecule has 1 saturated heterocycles. The van der Waals surface area contributed by atoms with Crippen LogP contribution >= 0.6 is 0 Å². The zero-order valence-corrected chi connectivity index (χ0v) is 36.7. The van der Waals surface area contributed by atoms with Crippen LogP contribution < -0.4 is 24.8 Å². The van der Waals surface area contributed by atoms with Crippen LogP contribution in [-0.2, 0) is 29.1 Å². The number of nitrogens with one attached hydrogen (secondary N) is 3. The summed E-state index contributed by atoms with van der Waals surface area (Å²) in [6, 6.07) is 14.7. The van der Waals surface area contributed by atoms with Gasteiger partial charge in [-0.25, -0.2) is 18.2 Å². The van der Waals surface area contributed by atoms with Crippen molar-refractivity contribution >= 4 is 44.7 Å². The fourth-order valence-electron chi connectivity index (χ4n) is 8.64. The van der Waals surface area contributed by atoms with Crippen LogP contribution in [0.1, 0.15) is 99.8 Å². The lowest BCUT2D eigenvalue weighted by molar-refractivity contribution is -0.143. The molecule has 324 valence electrons. The van der Waals surface area contributed by atoms with Crippen LogP contribution in [0, 0.1) is 17.3 Å². The molecule has 3 aromatic rings. The van der Waals surface area contributed by atoms with Crippen LogP contribution in [0.3, 0.4) is 0 Å². The van der Waals surface area contributed by atoms with Gasteiger partial charge >= 0.3 is 6.09 Å². The summed E-state index contributed by atoms with van der Waals surface area (Å²) in [5.74, 6) is -0.814. The van der Waals surface area contributed by atoms with E-state index in [2.05, 4.69) is 15.4 Å². The second kappa shape index (κ2) is 15.8. The van der Waals surface area contributed by atoms with Gasteiger partial charge in [-0.3, -0.25) is 19.1 Å². The number of likely N-dealkylation sites (tertiary alicyclic amines) is 1. The maximum atomic E-state index is 14.8. The van der Waals surface area contributed by atoms with Crippen molar-refractivity contribution in [2.75, 3.05) is 13.7 Å². The third-order valence-corrected chi connectivity index (χ3v) is 14.4. The number of methoxy groups -OCH3 is 1. The number of alkyl carbamates (subject to hydrolysis) is 1. The number of sulfonamides is 1. The molecule has 60 heavy (non-hydrogen) atoms. The second-order valence-electron chi connectivity index (χ2n) is 19.2. The number of rotatable bonds is 14. The van der Waals surface area contributed by atoms with Gasteiger partial charge in [0.05, 0.1) is 29.6 Å². The SMILES string of the molecule is CCCC1(S(=O)(=O)NC(=O)C2(NC(=O)C3CC(Oc4cc(-c5ccccc5)nc5cc(OC)ccc45)CN3C(=O)C(NC(=O)OC(C)(C)C)C(C)(C)C)CC2C2CC2)CC1. The Labute approximate surface area is 352 Å². The van der Waals surface area contributed by atoms with Crippen molar-refractivity contribution in [2.24, 2.45) is 17.3 Å². The Bertz CT molecular complexity index is 2260. The van der Waals surface area contributed by atoms with Crippen molar-refractivity contribution in [3.63, 3.8) is 0 Å². The molecule has 15 heteroatoms. The molecule has 14 nitrogen and oxygen atoms in total. The Hall–Kier alpha value is -4.92. The van der Waals surface area contributed by atoms with Gasteiger partial charge in [0.2, 0.25) is 21.8 Å². The molecule has 3 aliphatic carbocycles. The summed E-state index contributed by atoms with van der Waals surface area (Å²) in [4.78, 5) is 63.2. The summed E-state index contributed by atoms with van der Waals surface area (Å²) in [5.41, 5.74) is -0.966. The first-order valence-corrected chi connectivity index (χ1v) is 22.6. The monoisotopic (exact) mass is 845 g/mol. The van der Waals surface area contributed by atoms with Gasteiger partial charge in [0, 0.05) is 29.5 Å². The first-order chi connectivity index (χ1) is 28.2. The van der Waals surface area contributed by atoms with E-state index in [0.717, 1.165) is 18.4 Å². The lowest BCUT2D eigenvalue weighted by Crippen LogP contribution is -2.60. The maximum Gasteiger partial charge on any atom is 0.408 e. The highest BCUT2D eigenvalue weighted by Gasteiger charge is 2.67. The number of carbonyl (C=O) groups is 4. The highest BCUT2D eigenvalue weighted by atomic mass is 32.2. The molecule has 2 aromatic carbocycles. The van der Waals surface area contributed by atoms with Crippen molar-refractivity contribution in [3.05, 3.63) is 54.6 Å². The molecule has 5 atom stereocenters. The van der Waals surface area contributed by atoms with Crippen molar-refractivity contribution in [2.45, 2.75) is 134 Å². The average Bonchev–Trinajstić information content (AvgIpc) is 4.09. The van der Waals surface area contributed by atoms with E-state index in [1.165, 1.54) is 4.90 Å². The molecular formula is C45H59N5O9S. The number of nitrogens with zero attached hydrogens (tertiary/aromatic N) is 2. The number of pyridine rings is 1. The molecule has 3 N–H and O–H groups in total. The second-order valence-corrected chi connectivity index (χ2v) is 21.2. The first kappa shape index (κ1) is 43.2. The zero-order chi connectivity index (χ0) is 43.4. The van der Waals surface area contributed by atoms with E-state index in [-0.39, 0.29) is 24.8 Å². The van der Waals surface area contributed by atoms with Gasteiger partial charge in [0.15, 0.2) is 0 Å². The minimum absolute atomic E-state index is 0.0285. The van der Waals surface area contributed by atoms with Crippen molar-refractivity contribution in [1.82, 2.24) is 25.2 Å². The van der Waals surface area contributed by atoms with E-state index in [4.69, 9.17) is 19.2 Å². The number of amides is 4. The number of benzene rings is 2. The smallest absolute Gasteiger partial charge is 0.408 e. The summed E-state index contributed by atoms with van der Waals surface area (Å²) in [6.07, 6.45) is 2.68. The van der Waals surface area contributed by atoms with Crippen LogP contribution in [-0.4, -0.2) is 89.8 Å². The quantitative estimate of drug-likeness (QED) is 0.168. The predicted octanol–water partition coefficient (Wildman–Crippen LogP) is 6.26. The van der Waals surface area contributed by atoms with Crippen LogP contribution in [0.4, 0.5) is 4.79 Å². The van der Waals surface area contributed by atoms with Gasteiger partial charge in [-0.05, 0) is 88.7 Å². The topological polar surface area (TPSA) is 182 Å². The molecule has 5 unspecified atom stereocenters. The van der Waals surface area contributed by atoms with Crippen molar-refractivity contribution < 1.29 is 41.8 Å². The number of fused-ring (bicyclic) bond motifs is 1. The van der Waals surface area contributed by atoms with E-state index in [0.29, 0.717) is 60.2 Å². The molecule has 0 bridgehead atoms. The molecule has 4 amide bonds. The van der Waals surface area contributed by atoms with Gasteiger partial charge in [0.1, 0.15) is 40.8 Å². The Kier molecular flexibility index (Phi) is 11.4. The Balaban J connectivity index is 1.22. The van der Waals surface area contributed by atoms with Crippen molar-refractivity contribution in [3.8, 4) is 22.8 Å². The average molecular weight is 846 g/mol. The molecule has 0 spiro atoms. The molecule has 0 radical (unpaired) electrons. The van der Waals surface area contributed by atoms with E-state index in [1.54, 1.807) is 33.9 Å². The number of hydrogen-bond acceptors (Lipinski definition) is 10. The lowest BCUT2D eigenvalue weighted by Gasteiger charge is -2.36. The summed E-state index contributed by atoms with van der Waals surface area (Å²) in [5, 5.41) is 6.46. The fourth-order valence-corrected chi connectivity index (χ4v) is 10.4. The standard InChI is InChI=1S/C45H59N5O9S/c1-9-19-44(20-21-44)60(55,56)49-40(53)45(25-32(45)27-15-16-27)48-38(51)35-23-30(26-50(35)39(52)37(42(2,3)4)47-41(54)59-43(5,6)7)58-36-24-33(28-13-11-10-12-14-28)46-34-22-29(57-8)17-18-31(34)36/h10-14,17-18,22,24,27,30,32,35,37H,9,15-16,19-21,23,25-26H2,1-8H3,(H,47,54)(H,48,51)(H,49,53). The highest BCUT2D eigenvalue weighted by molar-refractivity contribution is 7.91. The van der Waals surface area contributed by atoms with E-state index in [9.17, 15) is 27.6 Å². The third kappa shape index (κ3) is 8.91. The third-order valence-electron chi connectivity index (χ3n) is 12.2. The maximum absolute atomic E-state index is 14.8.